The minimum Gasteiger partial charge on any atom is -0.846 e. The second-order valence-electron chi connectivity index (χ2n) is 4.06. The molecule has 3 nitrogen and oxygen atoms in total. The zero-order chi connectivity index (χ0) is 11.9. The fraction of sp³-hybridized carbons (Fsp3) is 0.286. The van der Waals surface area contributed by atoms with E-state index in [4.69, 9.17) is 0 Å². The van der Waals surface area contributed by atoms with Crippen LogP contribution in [0.3, 0.4) is 0 Å². The third kappa shape index (κ3) is 4.47. The average Bonchev–Trinajstić information content (AvgIpc) is 3.06. The number of nitrogens with zero attached hydrogens (tertiary/aromatic N) is 1. The van der Waals surface area contributed by atoms with E-state index in [1.54, 1.807) is 6.20 Å². The Hall–Kier alpha value is -1.38. The number of amidine groups is 1. The van der Waals surface area contributed by atoms with Crippen LogP contribution >= 0.6 is 0 Å². The Morgan fingerprint density at radius 3 is 2.33 bits per heavy atom. The Morgan fingerprint density at radius 2 is 1.83 bits per heavy atom. The third-order valence-electron chi connectivity index (χ3n) is 2.82. The smallest absolute Gasteiger partial charge is 0.846 e. The molecule has 1 heterocycles. The van der Waals surface area contributed by atoms with Crippen LogP contribution in [-0.4, -0.2) is 6.02 Å². The van der Waals surface area contributed by atoms with Gasteiger partial charge in [0.25, 0.3) is 0 Å². The molecule has 0 radical (unpaired) electrons. The summed E-state index contributed by atoms with van der Waals surface area (Å²) in [5, 5.41) is 13.6. The van der Waals surface area contributed by atoms with Crippen LogP contribution in [0.25, 0.3) is 0 Å². The fourth-order valence-electron chi connectivity index (χ4n) is 1.97. The minimum atomic E-state index is -0.244. The zero-order valence-electron chi connectivity index (χ0n) is 10.1. The molecule has 1 saturated carbocycles. The molecule has 0 aromatic heterocycles. The quantitative estimate of drug-likeness (QED) is 0.585. The van der Waals surface area contributed by atoms with Gasteiger partial charge in [-0.15, -0.1) is 0 Å². The molecular formula is C14H16FeN2O. The normalized spacial score (nSPS) is 17.2. The molecule has 96 valence electrons. The Balaban J connectivity index is 0.000000230. The van der Waals surface area contributed by atoms with Gasteiger partial charge in [0.2, 0.25) is 0 Å². The van der Waals surface area contributed by atoms with Gasteiger partial charge in [0.1, 0.15) is 0 Å². The standard InChI is InChI=1S/C9H12N2O.C5H5.Fe/c12-9-10-6-5-8(11-9)7-3-1-2-4-7;1-2-4-5-3-1;/h5-6H,1-4H2,(H2,10,11,12);1-5H;/q;-1;+2/p-1. The summed E-state index contributed by atoms with van der Waals surface area (Å²) in [6.45, 7) is 0. The minimum absolute atomic E-state index is 0. The number of hydrogen-bond donors (Lipinski definition) is 1. The van der Waals surface area contributed by atoms with Crippen LogP contribution in [-0.2, 0) is 17.1 Å². The van der Waals surface area contributed by atoms with E-state index in [1.807, 2.05) is 36.4 Å². The van der Waals surface area contributed by atoms with Crippen LogP contribution in [0.2, 0.25) is 0 Å². The second-order valence-corrected chi connectivity index (χ2v) is 4.06. The van der Waals surface area contributed by atoms with Gasteiger partial charge in [0.15, 0.2) is 0 Å². The number of hydrogen-bond acceptors (Lipinski definition) is 3. The number of aliphatic imine (C=N–C) groups is 1. The van der Waals surface area contributed by atoms with E-state index in [9.17, 15) is 5.11 Å². The Labute approximate surface area is 118 Å². The van der Waals surface area contributed by atoms with Crippen molar-refractivity contribution in [2.75, 3.05) is 0 Å². The molecule has 0 saturated heterocycles. The van der Waals surface area contributed by atoms with Crippen molar-refractivity contribution in [2.24, 2.45) is 4.99 Å². The molecule has 4 heteroatoms. The van der Waals surface area contributed by atoms with E-state index in [2.05, 4.69) is 10.3 Å². The van der Waals surface area contributed by atoms with Crippen molar-refractivity contribution in [3.05, 3.63) is 53.9 Å². The summed E-state index contributed by atoms with van der Waals surface area (Å²) in [5.41, 5.74) is 2.35. The van der Waals surface area contributed by atoms with E-state index in [0.717, 1.165) is 18.5 Å². The Kier molecular flexibility index (Phi) is 6.40. The molecule has 0 spiro atoms. The van der Waals surface area contributed by atoms with Crippen molar-refractivity contribution in [1.29, 1.82) is 0 Å². The van der Waals surface area contributed by atoms with E-state index < -0.39 is 0 Å². The summed E-state index contributed by atoms with van der Waals surface area (Å²) in [5.74, 6) is 0. The van der Waals surface area contributed by atoms with Crippen LogP contribution in [0.15, 0.2) is 58.9 Å². The molecule has 18 heavy (non-hydrogen) atoms. The maximum atomic E-state index is 10.9. The van der Waals surface area contributed by atoms with Gasteiger partial charge in [-0.2, -0.15) is 18.2 Å². The Morgan fingerprint density at radius 1 is 1.17 bits per heavy atom. The molecule has 0 unspecified atom stereocenters. The summed E-state index contributed by atoms with van der Waals surface area (Å²) in [7, 11) is 0. The van der Waals surface area contributed by atoms with Crippen LogP contribution < -0.4 is 10.4 Å². The van der Waals surface area contributed by atoms with Gasteiger partial charge < -0.3 is 10.4 Å². The summed E-state index contributed by atoms with van der Waals surface area (Å²) in [6, 6.07) is 9.76. The molecule has 1 N–H and O–H groups in total. The van der Waals surface area contributed by atoms with E-state index >= 15 is 0 Å². The Bertz CT molecular complexity index is 407. The van der Waals surface area contributed by atoms with Gasteiger partial charge in [-0.25, -0.2) is 12.1 Å². The van der Waals surface area contributed by atoms with Crippen molar-refractivity contribution >= 4 is 6.02 Å². The molecule has 1 aliphatic heterocycles. The van der Waals surface area contributed by atoms with Gasteiger partial charge in [0.05, 0.1) is 6.02 Å². The number of rotatable bonds is 0. The third-order valence-corrected chi connectivity index (χ3v) is 2.82. The van der Waals surface area contributed by atoms with Crippen LogP contribution in [0.5, 0.6) is 0 Å². The van der Waals surface area contributed by atoms with E-state index in [0.29, 0.717) is 0 Å². The molecule has 1 aliphatic carbocycles. The van der Waals surface area contributed by atoms with Crippen molar-refractivity contribution in [3.63, 3.8) is 0 Å². The molecule has 0 atom stereocenters. The monoisotopic (exact) mass is 284 g/mol. The van der Waals surface area contributed by atoms with Gasteiger partial charge in [-0.1, -0.05) is 0 Å². The number of nitrogens with one attached hydrogen (secondary N) is 1. The van der Waals surface area contributed by atoms with Crippen molar-refractivity contribution in [1.82, 2.24) is 5.32 Å². The summed E-state index contributed by atoms with van der Waals surface area (Å²) < 4.78 is 0. The molecule has 0 bridgehead atoms. The van der Waals surface area contributed by atoms with Crippen molar-refractivity contribution in [2.45, 2.75) is 25.7 Å². The predicted octanol–water partition coefficient (Wildman–Crippen LogP) is 2.05. The molecule has 1 aromatic carbocycles. The van der Waals surface area contributed by atoms with E-state index in [1.165, 1.54) is 18.4 Å². The first-order valence-electron chi connectivity index (χ1n) is 5.93. The van der Waals surface area contributed by atoms with Crippen LogP contribution in [0.1, 0.15) is 25.7 Å². The second kappa shape index (κ2) is 7.85. The van der Waals surface area contributed by atoms with Gasteiger partial charge >= 0.3 is 17.1 Å². The first-order chi connectivity index (χ1) is 8.36. The average molecular weight is 284 g/mol. The van der Waals surface area contributed by atoms with Crippen LogP contribution in [0, 0.1) is 0 Å². The molecule has 1 fully saturated rings. The van der Waals surface area contributed by atoms with Gasteiger partial charge in [-0.3, -0.25) is 4.99 Å². The molecule has 1 aromatic rings. The summed E-state index contributed by atoms with van der Waals surface area (Å²) in [4.78, 5) is 3.59. The zero-order valence-corrected chi connectivity index (χ0v) is 11.2. The SMILES string of the molecule is [Fe+2].[O-]C1=NC=CC(=C2CCCC2)N1.c1cc[cH-]c1. The van der Waals surface area contributed by atoms with Crippen LogP contribution in [0.4, 0.5) is 0 Å². The maximum Gasteiger partial charge on any atom is 2.00 e. The van der Waals surface area contributed by atoms with E-state index in [-0.39, 0.29) is 23.1 Å². The maximum absolute atomic E-state index is 10.9. The molecule has 2 aliphatic rings. The number of allylic oxidation sites excluding steroid dienone is 2. The van der Waals surface area contributed by atoms with Crippen molar-refractivity contribution < 1.29 is 22.2 Å². The first-order valence-corrected chi connectivity index (χ1v) is 5.93. The molecule has 3 rings (SSSR count). The molecule has 0 amide bonds. The topological polar surface area (TPSA) is 47.5 Å². The first kappa shape index (κ1) is 14.7. The largest absolute Gasteiger partial charge is 2.00 e. The van der Waals surface area contributed by atoms with Gasteiger partial charge in [-0.05, 0) is 37.3 Å². The predicted molar refractivity (Wildman–Crippen MR) is 67.2 cm³/mol. The fourth-order valence-corrected chi connectivity index (χ4v) is 1.97. The summed E-state index contributed by atoms with van der Waals surface area (Å²) in [6.07, 6.45) is 8.20. The summed E-state index contributed by atoms with van der Waals surface area (Å²) >= 11 is 0. The molecular weight excluding hydrogens is 268 g/mol. The van der Waals surface area contributed by atoms with Crippen molar-refractivity contribution in [3.8, 4) is 0 Å². The van der Waals surface area contributed by atoms with Gasteiger partial charge in [0, 0.05) is 11.9 Å².